The van der Waals surface area contributed by atoms with Crippen molar-refractivity contribution in [3.63, 3.8) is 0 Å². The first-order chi connectivity index (χ1) is 10.1. The molecule has 0 atom stereocenters. The molecular formula is C18H20O3. The third-order valence-corrected chi connectivity index (χ3v) is 3.36. The topological polar surface area (TPSA) is 35.5 Å². The van der Waals surface area contributed by atoms with Crippen LogP contribution in [0.15, 0.2) is 36.4 Å². The first-order valence-electron chi connectivity index (χ1n) is 7.00. The predicted molar refractivity (Wildman–Crippen MR) is 83.5 cm³/mol. The van der Waals surface area contributed by atoms with E-state index in [0.29, 0.717) is 23.5 Å². The smallest absolute Gasteiger partial charge is 0.196 e. The maximum Gasteiger partial charge on any atom is 0.196 e. The van der Waals surface area contributed by atoms with E-state index in [1.54, 1.807) is 13.2 Å². The van der Waals surface area contributed by atoms with Crippen LogP contribution in [0.2, 0.25) is 0 Å². The molecule has 3 nitrogen and oxygen atoms in total. The maximum absolute atomic E-state index is 12.7. The van der Waals surface area contributed by atoms with Crippen molar-refractivity contribution in [3.05, 3.63) is 58.7 Å². The molecule has 0 bridgehead atoms. The number of hydrogen-bond acceptors (Lipinski definition) is 3. The largest absolute Gasteiger partial charge is 0.496 e. The number of para-hydroxylation sites is 1. The van der Waals surface area contributed by atoms with E-state index in [4.69, 9.17) is 9.47 Å². The van der Waals surface area contributed by atoms with Crippen molar-refractivity contribution in [3.8, 4) is 11.5 Å². The molecule has 0 heterocycles. The van der Waals surface area contributed by atoms with Gasteiger partial charge in [0, 0.05) is 5.56 Å². The first-order valence-corrected chi connectivity index (χ1v) is 7.00. The Kier molecular flexibility index (Phi) is 4.63. The Morgan fingerprint density at radius 1 is 1.10 bits per heavy atom. The average molecular weight is 284 g/mol. The van der Waals surface area contributed by atoms with Gasteiger partial charge in [-0.25, -0.2) is 0 Å². The van der Waals surface area contributed by atoms with Gasteiger partial charge in [0.25, 0.3) is 0 Å². The van der Waals surface area contributed by atoms with Gasteiger partial charge >= 0.3 is 0 Å². The van der Waals surface area contributed by atoms with Gasteiger partial charge in [0.15, 0.2) is 5.78 Å². The summed E-state index contributed by atoms with van der Waals surface area (Å²) >= 11 is 0. The van der Waals surface area contributed by atoms with Crippen LogP contribution in [-0.4, -0.2) is 19.5 Å². The summed E-state index contributed by atoms with van der Waals surface area (Å²) in [5, 5.41) is 0. The Morgan fingerprint density at radius 2 is 1.71 bits per heavy atom. The fourth-order valence-corrected chi connectivity index (χ4v) is 2.49. The molecule has 0 N–H and O–H groups in total. The third kappa shape index (κ3) is 3.07. The van der Waals surface area contributed by atoms with Crippen LogP contribution >= 0.6 is 0 Å². The summed E-state index contributed by atoms with van der Waals surface area (Å²) in [6.45, 7) is 6.32. The molecule has 0 amide bonds. The average Bonchev–Trinajstić information content (AvgIpc) is 2.47. The standard InChI is InChI=1S/C18H20O3/c1-5-21-16-9-7-6-8-15(16)17(19)14-10-12(2)18(20-4)13(3)11-14/h6-11H,5H2,1-4H3. The molecule has 0 radical (unpaired) electrons. The number of ketones is 1. The van der Waals surface area contributed by atoms with Crippen LogP contribution < -0.4 is 9.47 Å². The number of carbonyl (C=O) groups excluding carboxylic acids is 1. The van der Waals surface area contributed by atoms with Crippen LogP contribution in [0.5, 0.6) is 11.5 Å². The molecule has 0 fully saturated rings. The Bertz CT molecular complexity index is 636. The number of benzene rings is 2. The first kappa shape index (κ1) is 15.1. The van der Waals surface area contributed by atoms with Gasteiger partial charge < -0.3 is 9.47 Å². The van der Waals surface area contributed by atoms with E-state index in [2.05, 4.69) is 0 Å². The van der Waals surface area contributed by atoms with Crippen molar-refractivity contribution in [2.75, 3.05) is 13.7 Å². The van der Waals surface area contributed by atoms with Gasteiger partial charge in [0.2, 0.25) is 0 Å². The highest BCUT2D eigenvalue weighted by Gasteiger charge is 2.16. The molecule has 21 heavy (non-hydrogen) atoms. The highest BCUT2D eigenvalue weighted by Crippen LogP contribution is 2.27. The van der Waals surface area contributed by atoms with Crippen molar-refractivity contribution in [1.82, 2.24) is 0 Å². The number of rotatable bonds is 5. The zero-order valence-corrected chi connectivity index (χ0v) is 12.9. The van der Waals surface area contributed by atoms with Gasteiger partial charge in [0.1, 0.15) is 11.5 Å². The number of methoxy groups -OCH3 is 1. The minimum absolute atomic E-state index is 0.0343. The lowest BCUT2D eigenvalue weighted by Crippen LogP contribution is -2.06. The second kappa shape index (κ2) is 6.44. The second-order valence-electron chi connectivity index (χ2n) is 4.90. The molecule has 0 aliphatic heterocycles. The van der Waals surface area contributed by atoms with Crippen LogP contribution in [0.25, 0.3) is 0 Å². The monoisotopic (exact) mass is 284 g/mol. The fourth-order valence-electron chi connectivity index (χ4n) is 2.49. The van der Waals surface area contributed by atoms with Gasteiger partial charge in [-0.1, -0.05) is 12.1 Å². The van der Waals surface area contributed by atoms with E-state index in [-0.39, 0.29) is 5.78 Å². The van der Waals surface area contributed by atoms with E-state index in [0.717, 1.165) is 16.9 Å². The lowest BCUT2D eigenvalue weighted by molar-refractivity contribution is 0.103. The summed E-state index contributed by atoms with van der Waals surface area (Å²) in [6.07, 6.45) is 0. The highest BCUT2D eigenvalue weighted by molar-refractivity contribution is 6.11. The Hall–Kier alpha value is -2.29. The molecule has 0 spiro atoms. The third-order valence-electron chi connectivity index (χ3n) is 3.36. The zero-order valence-electron chi connectivity index (χ0n) is 12.9. The van der Waals surface area contributed by atoms with Crippen LogP contribution in [0.4, 0.5) is 0 Å². The SMILES string of the molecule is CCOc1ccccc1C(=O)c1cc(C)c(OC)c(C)c1. The lowest BCUT2D eigenvalue weighted by Gasteiger charge is -2.12. The summed E-state index contributed by atoms with van der Waals surface area (Å²) in [5.74, 6) is 1.41. The van der Waals surface area contributed by atoms with E-state index in [1.807, 2.05) is 51.1 Å². The van der Waals surface area contributed by atoms with E-state index in [1.165, 1.54) is 0 Å². The van der Waals surface area contributed by atoms with Crippen LogP contribution in [0.1, 0.15) is 34.0 Å². The van der Waals surface area contributed by atoms with Crippen molar-refractivity contribution < 1.29 is 14.3 Å². The van der Waals surface area contributed by atoms with E-state index >= 15 is 0 Å². The van der Waals surface area contributed by atoms with E-state index < -0.39 is 0 Å². The van der Waals surface area contributed by atoms with Gasteiger partial charge in [0.05, 0.1) is 19.3 Å². The number of ether oxygens (including phenoxy) is 2. The number of carbonyl (C=O) groups is 1. The molecule has 2 aromatic rings. The van der Waals surface area contributed by atoms with Gasteiger partial charge in [-0.05, 0) is 56.2 Å². The zero-order chi connectivity index (χ0) is 15.4. The van der Waals surface area contributed by atoms with Crippen LogP contribution in [-0.2, 0) is 0 Å². The van der Waals surface area contributed by atoms with Gasteiger partial charge in [-0.15, -0.1) is 0 Å². The van der Waals surface area contributed by atoms with Crippen molar-refractivity contribution in [2.45, 2.75) is 20.8 Å². The van der Waals surface area contributed by atoms with Crippen molar-refractivity contribution in [2.24, 2.45) is 0 Å². The maximum atomic E-state index is 12.7. The van der Waals surface area contributed by atoms with Crippen LogP contribution in [0.3, 0.4) is 0 Å². The summed E-state index contributed by atoms with van der Waals surface area (Å²) < 4.78 is 10.9. The lowest BCUT2D eigenvalue weighted by atomic mass is 9.98. The van der Waals surface area contributed by atoms with E-state index in [9.17, 15) is 4.79 Å². The summed E-state index contributed by atoms with van der Waals surface area (Å²) in [7, 11) is 1.64. The van der Waals surface area contributed by atoms with Crippen molar-refractivity contribution in [1.29, 1.82) is 0 Å². The Balaban J connectivity index is 2.46. The number of hydrogen-bond donors (Lipinski definition) is 0. The van der Waals surface area contributed by atoms with Crippen molar-refractivity contribution >= 4 is 5.78 Å². The number of aryl methyl sites for hydroxylation is 2. The molecule has 0 aromatic heterocycles. The quantitative estimate of drug-likeness (QED) is 0.780. The minimum atomic E-state index is -0.0343. The summed E-state index contributed by atoms with van der Waals surface area (Å²) in [6, 6.07) is 11.0. The normalized spacial score (nSPS) is 10.3. The molecular weight excluding hydrogens is 264 g/mol. The highest BCUT2D eigenvalue weighted by atomic mass is 16.5. The van der Waals surface area contributed by atoms with Crippen LogP contribution in [0, 0.1) is 13.8 Å². The molecule has 0 saturated carbocycles. The molecule has 3 heteroatoms. The molecule has 0 aliphatic rings. The minimum Gasteiger partial charge on any atom is -0.496 e. The predicted octanol–water partition coefficient (Wildman–Crippen LogP) is 3.94. The molecule has 2 rings (SSSR count). The molecule has 0 aliphatic carbocycles. The molecule has 2 aromatic carbocycles. The summed E-state index contributed by atoms with van der Waals surface area (Å²) in [5.41, 5.74) is 3.14. The summed E-state index contributed by atoms with van der Waals surface area (Å²) in [4.78, 5) is 12.7. The molecule has 0 unspecified atom stereocenters. The second-order valence-corrected chi connectivity index (χ2v) is 4.90. The fraction of sp³-hybridized carbons (Fsp3) is 0.278. The van der Waals surface area contributed by atoms with Gasteiger partial charge in [-0.2, -0.15) is 0 Å². The Labute approximate surface area is 125 Å². The molecule has 0 saturated heterocycles. The van der Waals surface area contributed by atoms with Gasteiger partial charge in [-0.3, -0.25) is 4.79 Å². The molecule has 110 valence electrons. The Morgan fingerprint density at radius 3 is 2.29 bits per heavy atom.